The lowest BCUT2D eigenvalue weighted by molar-refractivity contribution is 0.281. The highest BCUT2D eigenvalue weighted by atomic mass is 16.5. The molecule has 0 heterocycles. The van der Waals surface area contributed by atoms with Crippen LogP contribution in [0.1, 0.15) is 24.1 Å². The summed E-state index contributed by atoms with van der Waals surface area (Å²) in [5, 5.41) is 8.95. The van der Waals surface area contributed by atoms with Crippen LogP contribution in [0.2, 0.25) is 0 Å². The largest absolute Gasteiger partial charge is 0.457 e. The standard InChI is InChI=1S/C15H17NO2/c1-11(16)13-4-8-15(9-5-13)18-14-6-2-12(10-17)3-7-14/h2-9,11,17H,10,16H2,1H3. The first-order valence-electron chi connectivity index (χ1n) is 5.92. The summed E-state index contributed by atoms with van der Waals surface area (Å²) >= 11 is 0. The quantitative estimate of drug-likeness (QED) is 0.868. The Kier molecular flexibility index (Phi) is 3.97. The monoisotopic (exact) mass is 243 g/mol. The molecule has 0 spiro atoms. The lowest BCUT2D eigenvalue weighted by Crippen LogP contribution is -2.04. The SMILES string of the molecule is CC(N)c1ccc(Oc2ccc(CO)cc2)cc1. The van der Waals surface area contributed by atoms with E-state index in [9.17, 15) is 0 Å². The molecule has 0 amide bonds. The summed E-state index contributed by atoms with van der Waals surface area (Å²) in [7, 11) is 0. The van der Waals surface area contributed by atoms with Crippen LogP contribution in [0.3, 0.4) is 0 Å². The summed E-state index contributed by atoms with van der Waals surface area (Å²) < 4.78 is 5.69. The van der Waals surface area contributed by atoms with Gasteiger partial charge in [-0.25, -0.2) is 0 Å². The zero-order valence-corrected chi connectivity index (χ0v) is 10.3. The minimum absolute atomic E-state index is 0.0305. The van der Waals surface area contributed by atoms with E-state index in [0.717, 1.165) is 22.6 Å². The number of hydrogen-bond donors (Lipinski definition) is 2. The molecule has 0 bridgehead atoms. The zero-order chi connectivity index (χ0) is 13.0. The Morgan fingerprint density at radius 2 is 1.50 bits per heavy atom. The van der Waals surface area contributed by atoms with Crippen LogP contribution in [0, 0.1) is 0 Å². The number of aliphatic hydroxyl groups is 1. The van der Waals surface area contributed by atoms with Crippen LogP contribution in [0.4, 0.5) is 0 Å². The van der Waals surface area contributed by atoms with E-state index >= 15 is 0 Å². The molecule has 1 atom stereocenters. The van der Waals surface area contributed by atoms with Crippen molar-refractivity contribution in [2.45, 2.75) is 19.6 Å². The van der Waals surface area contributed by atoms with Crippen molar-refractivity contribution in [2.75, 3.05) is 0 Å². The molecular formula is C15H17NO2. The van der Waals surface area contributed by atoms with Crippen LogP contribution in [-0.2, 0) is 6.61 Å². The Hall–Kier alpha value is -1.84. The fourth-order valence-corrected chi connectivity index (χ4v) is 1.64. The van der Waals surface area contributed by atoms with Crippen LogP contribution in [0.25, 0.3) is 0 Å². The lowest BCUT2D eigenvalue weighted by atomic mass is 10.1. The Morgan fingerprint density at radius 3 is 1.94 bits per heavy atom. The maximum atomic E-state index is 8.95. The summed E-state index contributed by atoms with van der Waals surface area (Å²) in [6.07, 6.45) is 0. The van der Waals surface area contributed by atoms with Gasteiger partial charge in [0.1, 0.15) is 11.5 Å². The van der Waals surface area contributed by atoms with Crippen molar-refractivity contribution in [3.8, 4) is 11.5 Å². The van der Waals surface area contributed by atoms with E-state index in [-0.39, 0.29) is 12.6 Å². The van der Waals surface area contributed by atoms with Crippen molar-refractivity contribution in [2.24, 2.45) is 5.73 Å². The van der Waals surface area contributed by atoms with Gasteiger partial charge in [-0.05, 0) is 42.3 Å². The summed E-state index contributed by atoms with van der Waals surface area (Å²) in [6, 6.07) is 15.1. The van der Waals surface area contributed by atoms with Crippen molar-refractivity contribution in [1.82, 2.24) is 0 Å². The summed E-state index contributed by atoms with van der Waals surface area (Å²) in [6.45, 7) is 1.99. The number of ether oxygens (including phenoxy) is 1. The van der Waals surface area contributed by atoms with Crippen molar-refractivity contribution >= 4 is 0 Å². The van der Waals surface area contributed by atoms with E-state index in [0.29, 0.717) is 0 Å². The molecule has 3 nitrogen and oxygen atoms in total. The van der Waals surface area contributed by atoms with E-state index < -0.39 is 0 Å². The minimum Gasteiger partial charge on any atom is -0.457 e. The van der Waals surface area contributed by atoms with Gasteiger partial charge in [0.05, 0.1) is 6.61 Å². The van der Waals surface area contributed by atoms with Gasteiger partial charge in [-0.3, -0.25) is 0 Å². The highest BCUT2D eigenvalue weighted by Crippen LogP contribution is 2.23. The second-order valence-corrected chi connectivity index (χ2v) is 4.26. The van der Waals surface area contributed by atoms with E-state index in [4.69, 9.17) is 15.6 Å². The van der Waals surface area contributed by atoms with E-state index in [1.54, 1.807) is 0 Å². The van der Waals surface area contributed by atoms with Crippen LogP contribution in [0.5, 0.6) is 11.5 Å². The Labute approximate surface area is 107 Å². The van der Waals surface area contributed by atoms with Gasteiger partial charge in [0.2, 0.25) is 0 Å². The van der Waals surface area contributed by atoms with Crippen LogP contribution in [-0.4, -0.2) is 5.11 Å². The summed E-state index contributed by atoms with van der Waals surface area (Å²) in [5.41, 5.74) is 7.74. The number of nitrogens with two attached hydrogens (primary N) is 1. The molecule has 0 aliphatic carbocycles. The second-order valence-electron chi connectivity index (χ2n) is 4.26. The average Bonchev–Trinajstić information content (AvgIpc) is 2.40. The molecule has 0 aromatic heterocycles. The number of hydrogen-bond acceptors (Lipinski definition) is 3. The molecule has 1 unspecified atom stereocenters. The zero-order valence-electron chi connectivity index (χ0n) is 10.3. The molecule has 0 aliphatic rings. The van der Waals surface area contributed by atoms with Gasteiger partial charge in [0.25, 0.3) is 0 Å². The average molecular weight is 243 g/mol. The fraction of sp³-hybridized carbons (Fsp3) is 0.200. The van der Waals surface area contributed by atoms with Gasteiger partial charge in [-0.1, -0.05) is 24.3 Å². The minimum atomic E-state index is 0.0305. The van der Waals surface area contributed by atoms with Gasteiger partial charge >= 0.3 is 0 Å². The Bertz CT molecular complexity index is 489. The lowest BCUT2D eigenvalue weighted by Gasteiger charge is -2.09. The predicted octanol–water partition coefficient (Wildman–Crippen LogP) is 2.99. The van der Waals surface area contributed by atoms with Crippen LogP contribution in [0.15, 0.2) is 48.5 Å². The van der Waals surface area contributed by atoms with Crippen molar-refractivity contribution in [1.29, 1.82) is 0 Å². The van der Waals surface area contributed by atoms with E-state index in [1.165, 1.54) is 0 Å². The molecule has 3 heteroatoms. The third kappa shape index (κ3) is 3.09. The molecule has 0 radical (unpaired) electrons. The molecule has 3 N–H and O–H groups in total. The highest BCUT2D eigenvalue weighted by molar-refractivity contribution is 5.35. The topological polar surface area (TPSA) is 55.5 Å². The third-order valence-corrected chi connectivity index (χ3v) is 2.75. The number of benzene rings is 2. The molecule has 94 valence electrons. The predicted molar refractivity (Wildman–Crippen MR) is 71.5 cm³/mol. The van der Waals surface area contributed by atoms with Gasteiger partial charge in [0, 0.05) is 6.04 Å². The van der Waals surface area contributed by atoms with Crippen molar-refractivity contribution < 1.29 is 9.84 Å². The summed E-state index contributed by atoms with van der Waals surface area (Å²) in [5.74, 6) is 1.52. The van der Waals surface area contributed by atoms with Gasteiger partial charge in [-0.2, -0.15) is 0 Å². The summed E-state index contributed by atoms with van der Waals surface area (Å²) in [4.78, 5) is 0. The molecule has 2 aromatic rings. The Morgan fingerprint density at radius 1 is 1.00 bits per heavy atom. The second kappa shape index (κ2) is 5.67. The molecule has 0 fully saturated rings. The molecule has 2 aromatic carbocycles. The fourth-order valence-electron chi connectivity index (χ4n) is 1.64. The first-order chi connectivity index (χ1) is 8.69. The number of aliphatic hydroxyl groups excluding tert-OH is 1. The molecule has 0 saturated carbocycles. The Balaban J connectivity index is 2.08. The van der Waals surface area contributed by atoms with Gasteiger partial charge in [0.15, 0.2) is 0 Å². The maximum absolute atomic E-state index is 8.95. The van der Waals surface area contributed by atoms with E-state index in [2.05, 4.69) is 0 Å². The highest BCUT2D eigenvalue weighted by Gasteiger charge is 2.01. The smallest absolute Gasteiger partial charge is 0.127 e. The first kappa shape index (κ1) is 12.6. The normalized spacial score (nSPS) is 12.2. The van der Waals surface area contributed by atoms with E-state index in [1.807, 2.05) is 55.5 Å². The number of rotatable bonds is 4. The third-order valence-electron chi connectivity index (χ3n) is 2.75. The molecule has 0 saturated heterocycles. The van der Waals surface area contributed by atoms with Crippen LogP contribution < -0.4 is 10.5 Å². The molecule has 0 aliphatic heterocycles. The van der Waals surface area contributed by atoms with Crippen LogP contribution >= 0.6 is 0 Å². The molecular weight excluding hydrogens is 226 g/mol. The van der Waals surface area contributed by atoms with Gasteiger partial charge in [-0.15, -0.1) is 0 Å². The van der Waals surface area contributed by atoms with Gasteiger partial charge < -0.3 is 15.6 Å². The molecule has 18 heavy (non-hydrogen) atoms. The maximum Gasteiger partial charge on any atom is 0.127 e. The molecule has 2 rings (SSSR count). The van der Waals surface area contributed by atoms with Crippen molar-refractivity contribution in [3.05, 3.63) is 59.7 Å². The van der Waals surface area contributed by atoms with Crippen molar-refractivity contribution in [3.63, 3.8) is 0 Å². The first-order valence-corrected chi connectivity index (χ1v) is 5.92.